The summed E-state index contributed by atoms with van der Waals surface area (Å²) in [5, 5.41) is 4.78. The van der Waals surface area contributed by atoms with Crippen LogP contribution < -0.4 is 16.0 Å². The lowest BCUT2D eigenvalue weighted by Crippen LogP contribution is -2.42. The molecule has 3 heterocycles. The number of fused-ring (bicyclic) bond motifs is 1. The number of hydrogen-bond donors (Lipinski definition) is 2. The Morgan fingerprint density at radius 3 is 2.89 bits per heavy atom. The Morgan fingerprint density at radius 1 is 1.14 bits per heavy atom. The molecular weight excluding hydrogens is 452 g/mol. The van der Waals surface area contributed by atoms with Gasteiger partial charge in [0.2, 0.25) is 0 Å². The summed E-state index contributed by atoms with van der Waals surface area (Å²) >= 11 is 0. The number of pyridine rings is 1. The van der Waals surface area contributed by atoms with Crippen molar-refractivity contribution in [1.82, 2.24) is 9.88 Å². The second-order valence-corrected chi connectivity index (χ2v) is 9.53. The largest absolute Gasteiger partial charge is 0.387 e. The van der Waals surface area contributed by atoms with Crippen LogP contribution in [0, 0.1) is 5.92 Å². The van der Waals surface area contributed by atoms with Gasteiger partial charge >= 0.3 is 6.03 Å². The molecule has 1 unspecified atom stereocenters. The molecule has 2 aliphatic rings. The number of rotatable bonds is 6. The molecule has 2 saturated heterocycles. The van der Waals surface area contributed by atoms with Crippen LogP contribution in [0.2, 0.25) is 0 Å². The van der Waals surface area contributed by atoms with Crippen LogP contribution in [0.4, 0.5) is 16.2 Å². The van der Waals surface area contributed by atoms with Crippen LogP contribution in [0.25, 0.3) is 10.8 Å². The molecule has 8 heteroatoms. The second kappa shape index (κ2) is 11.5. The molecule has 36 heavy (non-hydrogen) atoms. The summed E-state index contributed by atoms with van der Waals surface area (Å²) in [6.07, 6.45) is 6.47. The van der Waals surface area contributed by atoms with Crippen molar-refractivity contribution in [2.24, 2.45) is 16.6 Å². The van der Waals surface area contributed by atoms with Crippen LogP contribution in [0.5, 0.6) is 0 Å². The number of benzene rings is 2. The minimum absolute atomic E-state index is 0.0842. The normalized spacial score (nSPS) is 19.4. The summed E-state index contributed by atoms with van der Waals surface area (Å²) in [5.74, 6) is 0.495. The lowest BCUT2D eigenvalue weighted by molar-refractivity contribution is 0.122. The number of likely N-dealkylation sites (tertiary alicyclic amines) is 1. The van der Waals surface area contributed by atoms with Crippen molar-refractivity contribution in [3.8, 4) is 0 Å². The lowest BCUT2D eigenvalue weighted by atomic mass is 9.96. The van der Waals surface area contributed by atoms with Gasteiger partial charge in [-0.05, 0) is 55.6 Å². The quantitative estimate of drug-likeness (QED) is 0.405. The molecular formula is C28H34N6O2. The fraction of sp³-hybridized carbons (Fsp3) is 0.393. The van der Waals surface area contributed by atoms with Gasteiger partial charge in [0.1, 0.15) is 5.84 Å². The van der Waals surface area contributed by atoms with E-state index >= 15 is 0 Å². The molecule has 188 valence electrons. The average Bonchev–Trinajstić information content (AvgIpc) is 2.93. The van der Waals surface area contributed by atoms with Gasteiger partial charge in [0.05, 0.1) is 18.9 Å². The third-order valence-electron chi connectivity index (χ3n) is 7.08. The van der Waals surface area contributed by atoms with Crippen LogP contribution in [0.1, 0.15) is 18.4 Å². The Labute approximate surface area is 212 Å². The highest BCUT2D eigenvalue weighted by Crippen LogP contribution is 2.23. The fourth-order valence-corrected chi connectivity index (χ4v) is 5.10. The number of aromatic nitrogens is 1. The summed E-state index contributed by atoms with van der Waals surface area (Å²) in [4.78, 5) is 25.8. The van der Waals surface area contributed by atoms with E-state index in [1.54, 1.807) is 12.4 Å². The Hall–Kier alpha value is -3.49. The number of morpholine rings is 1. The number of nitrogens with two attached hydrogens (primary N) is 1. The molecule has 2 aromatic carbocycles. The highest BCUT2D eigenvalue weighted by atomic mass is 16.5. The molecule has 8 nitrogen and oxygen atoms in total. The van der Waals surface area contributed by atoms with Gasteiger partial charge in [-0.25, -0.2) is 4.79 Å². The third kappa shape index (κ3) is 6.01. The number of urea groups is 1. The molecule has 1 atom stereocenters. The maximum Gasteiger partial charge on any atom is 0.347 e. The first-order valence-electron chi connectivity index (χ1n) is 12.8. The molecule has 0 radical (unpaired) electrons. The van der Waals surface area contributed by atoms with E-state index in [-0.39, 0.29) is 5.92 Å². The molecule has 1 aromatic heterocycles. The molecule has 3 aromatic rings. The number of carbonyl (C=O) groups is 1. The number of carbonyl (C=O) groups excluding carboxylic acids is 1. The zero-order valence-electron chi connectivity index (χ0n) is 20.6. The number of nitrogens with one attached hydrogen (secondary N) is 1. The van der Waals surface area contributed by atoms with Gasteiger partial charge < -0.3 is 25.6 Å². The van der Waals surface area contributed by atoms with Crippen LogP contribution in [-0.4, -0.2) is 67.7 Å². The third-order valence-corrected chi connectivity index (χ3v) is 7.08. The Morgan fingerprint density at radius 2 is 2.00 bits per heavy atom. The second-order valence-electron chi connectivity index (χ2n) is 9.53. The smallest absolute Gasteiger partial charge is 0.347 e. The zero-order valence-corrected chi connectivity index (χ0v) is 20.6. The summed E-state index contributed by atoms with van der Waals surface area (Å²) in [5.41, 5.74) is 9.65. The van der Waals surface area contributed by atoms with Crippen molar-refractivity contribution in [2.75, 3.05) is 56.2 Å². The van der Waals surface area contributed by atoms with Gasteiger partial charge in [-0.3, -0.25) is 4.98 Å². The Bertz CT molecular complexity index is 1220. The van der Waals surface area contributed by atoms with E-state index in [9.17, 15) is 4.79 Å². The van der Waals surface area contributed by atoms with Crippen molar-refractivity contribution in [1.29, 1.82) is 0 Å². The SMILES string of the molecule is N/C(=N\C(=O)Nc1cccc2cnccc12)C1CCCN(CCc2cccc(N3CCOCC3)c2)C1. The van der Waals surface area contributed by atoms with Crippen LogP contribution in [0.15, 0.2) is 65.9 Å². The van der Waals surface area contributed by atoms with E-state index in [1.165, 1.54) is 11.3 Å². The minimum Gasteiger partial charge on any atom is -0.387 e. The van der Waals surface area contributed by atoms with E-state index < -0.39 is 6.03 Å². The number of amidine groups is 1. The molecule has 3 N–H and O–H groups in total. The highest BCUT2D eigenvalue weighted by Gasteiger charge is 2.23. The van der Waals surface area contributed by atoms with Gasteiger partial charge in [0.25, 0.3) is 0 Å². The van der Waals surface area contributed by atoms with Crippen molar-refractivity contribution in [3.05, 3.63) is 66.5 Å². The van der Waals surface area contributed by atoms with Crippen LogP contribution >= 0.6 is 0 Å². The van der Waals surface area contributed by atoms with Crippen LogP contribution in [0.3, 0.4) is 0 Å². The fourth-order valence-electron chi connectivity index (χ4n) is 5.10. The first kappa shape index (κ1) is 24.2. The predicted molar refractivity (Wildman–Crippen MR) is 145 cm³/mol. The van der Waals surface area contributed by atoms with Crippen molar-refractivity contribution >= 4 is 34.0 Å². The molecule has 0 bridgehead atoms. The summed E-state index contributed by atoms with van der Waals surface area (Å²) in [6.45, 7) is 6.31. The lowest BCUT2D eigenvalue weighted by Gasteiger charge is -2.32. The number of amides is 2. The highest BCUT2D eigenvalue weighted by molar-refractivity contribution is 6.05. The van der Waals surface area contributed by atoms with Gasteiger partial charge in [-0.1, -0.05) is 24.3 Å². The maximum absolute atomic E-state index is 12.6. The van der Waals surface area contributed by atoms with E-state index in [1.807, 2.05) is 24.3 Å². The summed E-state index contributed by atoms with van der Waals surface area (Å²) in [6, 6.07) is 16.0. The Kier molecular flexibility index (Phi) is 7.73. The first-order valence-corrected chi connectivity index (χ1v) is 12.8. The standard InChI is InChI=1S/C28H34N6O2/c29-27(32-28(35)31-26-8-2-5-22-19-30-11-9-25(22)26)23-6-3-12-33(20-23)13-10-21-4-1-7-24(18-21)34-14-16-36-17-15-34/h1-2,4-5,7-9,11,18-19,23H,3,6,10,12-17,20H2,(H3,29,31,32,35). The maximum atomic E-state index is 12.6. The van der Waals surface area contributed by atoms with Gasteiger partial charge in [0, 0.05) is 61.0 Å². The zero-order chi connectivity index (χ0) is 24.7. The number of nitrogens with zero attached hydrogens (tertiary/aromatic N) is 4. The van der Waals surface area contributed by atoms with Gasteiger partial charge in [-0.15, -0.1) is 0 Å². The molecule has 0 aliphatic carbocycles. The molecule has 5 rings (SSSR count). The molecule has 0 spiro atoms. The predicted octanol–water partition coefficient (Wildman–Crippen LogP) is 3.92. The van der Waals surface area contributed by atoms with Crippen molar-refractivity contribution in [2.45, 2.75) is 19.3 Å². The summed E-state index contributed by atoms with van der Waals surface area (Å²) < 4.78 is 5.48. The average molecular weight is 487 g/mol. The first-order chi connectivity index (χ1) is 17.7. The van der Waals surface area contributed by atoms with E-state index in [4.69, 9.17) is 10.5 Å². The molecule has 0 saturated carbocycles. The molecule has 2 fully saturated rings. The number of piperidine rings is 1. The Balaban J connectivity index is 1.16. The van der Waals surface area contributed by atoms with Crippen molar-refractivity contribution in [3.63, 3.8) is 0 Å². The van der Waals surface area contributed by atoms with E-state index in [0.717, 1.165) is 76.0 Å². The number of ether oxygens (including phenoxy) is 1. The molecule has 2 aliphatic heterocycles. The van der Waals surface area contributed by atoms with E-state index in [0.29, 0.717) is 11.5 Å². The minimum atomic E-state index is -0.436. The van der Waals surface area contributed by atoms with Gasteiger partial charge in [0.15, 0.2) is 0 Å². The van der Waals surface area contributed by atoms with Crippen LogP contribution in [-0.2, 0) is 11.2 Å². The summed E-state index contributed by atoms with van der Waals surface area (Å²) in [7, 11) is 0. The monoisotopic (exact) mass is 486 g/mol. The van der Waals surface area contributed by atoms with Crippen molar-refractivity contribution < 1.29 is 9.53 Å². The molecule has 2 amide bonds. The van der Waals surface area contributed by atoms with Gasteiger partial charge in [-0.2, -0.15) is 4.99 Å². The topological polar surface area (TPSA) is 96.1 Å². The number of anilines is 2. The number of hydrogen-bond acceptors (Lipinski definition) is 5. The van der Waals surface area contributed by atoms with E-state index in [2.05, 4.69) is 49.4 Å². The number of aliphatic imine (C=N–C) groups is 1.